The summed E-state index contributed by atoms with van der Waals surface area (Å²) < 4.78 is 11.0. The lowest BCUT2D eigenvalue weighted by Crippen LogP contribution is -2.27. The highest BCUT2D eigenvalue weighted by molar-refractivity contribution is 5.82. The number of methoxy groups -OCH3 is 1. The summed E-state index contributed by atoms with van der Waals surface area (Å²) in [4.78, 5) is 11.9. The molecule has 1 rings (SSSR count). The highest BCUT2D eigenvalue weighted by Crippen LogP contribution is 2.23. The molecule has 0 aromatic heterocycles. The molecule has 0 saturated carbocycles. The molecule has 0 aromatic rings. The normalized spacial score (nSPS) is 22.6. The van der Waals surface area contributed by atoms with Gasteiger partial charge in [-0.25, -0.2) is 4.79 Å². The smallest absolute Gasteiger partial charge is 0.330 e. The summed E-state index contributed by atoms with van der Waals surface area (Å²) >= 11 is 0. The number of rotatable bonds is 9. The van der Waals surface area contributed by atoms with Crippen LogP contribution in [0.2, 0.25) is 0 Å². The Labute approximate surface area is 128 Å². The standard InChI is InChI=1S/C18H28O3/c1-4-6-8-11-16(5-2)21-17(19)12-15-18(20-3)13-9-7-10-14-18/h7,9-10,12-13,15-16H,4-6,8,11,14H2,1-3H3. The molecule has 3 nitrogen and oxygen atoms in total. The molecule has 0 fully saturated rings. The third-order valence-electron chi connectivity index (χ3n) is 3.81. The van der Waals surface area contributed by atoms with Gasteiger partial charge in [-0.05, 0) is 31.4 Å². The van der Waals surface area contributed by atoms with Crippen LogP contribution in [0.5, 0.6) is 0 Å². The van der Waals surface area contributed by atoms with Gasteiger partial charge in [0.15, 0.2) is 0 Å². The Morgan fingerprint density at radius 3 is 2.71 bits per heavy atom. The average Bonchev–Trinajstić information content (AvgIpc) is 2.53. The quantitative estimate of drug-likeness (QED) is 0.360. The predicted octanol–water partition coefficient (Wildman–Crippen LogP) is 4.35. The molecule has 2 atom stereocenters. The Balaban J connectivity index is 2.49. The van der Waals surface area contributed by atoms with E-state index in [9.17, 15) is 4.79 Å². The van der Waals surface area contributed by atoms with Crippen molar-refractivity contribution in [1.29, 1.82) is 0 Å². The van der Waals surface area contributed by atoms with Crippen LogP contribution in [0, 0.1) is 0 Å². The van der Waals surface area contributed by atoms with Gasteiger partial charge in [0, 0.05) is 19.6 Å². The lowest BCUT2D eigenvalue weighted by molar-refractivity contribution is -0.143. The molecule has 0 heterocycles. The zero-order chi connectivity index (χ0) is 15.6. The van der Waals surface area contributed by atoms with Crippen molar-refractivity contribution in [2.75, 3.05) is 7.11 Å². The number of esters is 1. The molecule has 0 aromatic carbocycles. The Kier molecular flexibility index (Phi) is 8.06. The lowest BCUT2D eigenvalue weighted by Gasteiger charge is -2.26. The summed E-state index contributed by atoms with van der Waals surface area (Å²) in [6.45, 7) is 4.23. The van der Waals surface area contributed by atoms with Gasteiger partial charge in [-0.15, -0.1) is 0 Å². The molecule has 21 heavy (non-hydrogen) atoms. The topological polar surface area (TPSA) is 35.5 Å². The molecule has 0 amide bonds. The largest absolute Gasteiger partial charge is 0.459 e. The van der Waals surface area contributed by atoms with Crippen molar-refractivity contribution in [3.05, 3.63) is 36.5 Å². The fourth-order valence-corrected chi connectivity index (χ4v) is 2.34. The van der Waals surface area contributed by atoms with Crippen molar-refractivity contribution >= 4 is 5.97 Å². The molecule has 0 bridgehead atoms. The van der Waals surface area contributed by atoms with Gasteiger partial charge in [0.1, 0.15) is 11.7 Å². The Hall–Kier alpha value is -1.35. The molecule has 3 heteroatoms. The van der Waals surface area contributed by atoms with Gasteiger partial charge in [-0.3, -0.25) is 0 Å². The molecule has 0 spiro atoms. The number of ether oxygens (including phenoxy) is 2. The minimum absolute atomic E-state index is 0.0222. The maximum atomic E-state index is 11.9. The monoisotopic (exact) mass is 292 g/mol. The molecule has 0 N–H and O–H groups in total. The van der Waals surface area contributed by atoms with Gasteiger partial charge in [-0.1, -0.05) is 44.9 Å². The summed E-state index contributed by atoms with van der Waals surface area (Å²) in [5, 5.41) is 0. The van der Waals surface area contributed by atoms with Crippen molar-refractivity contribution in [2.45, 2.75) is 64.1 Å². The van der Waals surface area contributed by atoms with Crippen LogP contribution in [0.3, 0.4) is 0 Å². The van der Waals surface area contributed by atoms with E-state index in [1.807, 2.05) is 24.3 Å². The fourth-order valence-electron chi connectivity index (χ4n) is 2.34. The van der Waals surface area contributed by atoms with E-state index in [1.54, 1.807) is 13.2 Å². The van der Waals surface area contributed by atoms with E-state index in [0.29, 0.717) is 0 Å². The number of allylic oxidation sites excluding steroid dienone is 2. The van der Waals surface area contributed by atoms with Gasteiger partial charge < -0.3 is 9.47 Å². The molecular formula is C18H28O3. The highest BCUT2D eigenvalue weighted by atomic mass is 16.5. The third kappa shape index (κ3) is 6.30. The van der Waals surface area contributed by atoms with Gasteiger partial charge in [0.2, 0.25) is 0 Å². The predicted molar refractivity (Wildman–Crippen MR) is 86.1 cm³/mol. The van der Waals surface area contributed by atoms with Crippen LogP contribution in [0.15, 0.2) is 36.5 Å². The molecule has 1 aliphatic carbocycles. The second kappa shape index (κ2) is 9.56. The molecule has 0 saturated heterocycles. The van der Waals surface area contributed by atoms with E-state index in [4.69, 9.17) is 9.47 Å². The van der Waals surface area contributed by atoms with Crippen molar-refractivity contribution in [3.63, 3.8) is 0 Å². The van der Waals surface area contributed by atoms with E-state index in [0.717, 1.165) is 25.7 Å². The van der Waals surface area contributed by atoms with Crippen LogP contribution in [-0.2, 0) is 14.3 Å². The van der Waals surface area contributed by atoms with Crippen LogP contribution >= 0.6 is 0 Å². The second-order valence-electron chi connectivity index (χ2n) is 5.45. The van der Waals surface area contributed by atoms with Crippen LogP contribution < -0.4 is 0 Å². The first-order valence-corrected chi connectivity index (χ1v) is 7.95. The first-order valence-electron chi connectivity index (χ1n) is 7.95. The number of hydrogen-bond donors (Lipinski definition) is 0. The van der Waals surface area contributed by atoms with E-state index in [2.05, 4.69) is 13.8 Å². The molecule has 0 aliphatic heterocycles. The minimum Gasteiger partial charge on any atom is -0.459 e. The van der Waals surface area contributed by atoms with Gasteiger partial charge in [-0.2, -0.15) is 0 Å². The van der Waals surface area contributed by atoms with Crippen molar-refractivity contribution in [3.8, 4) is 0 Å². The molecular weight excluding hydrogens is 264 g/mol. The van der Waals surface area contributed by atoms with Gasteiger partial charge in [0.05, 0.1) is 0 Å². The maximum absolute atomic E-state index is 11.9. The van der Waals surface area contributed by atoms with Crippen LogP contribution in [-0.4, -0.2) is 24.8 Å². The van der Waals surface area contributed by atoms with Crippen LogP contribution in [0.25, 0.3) is 0 Å². The highest BCUT2D eigenvalue weighted by Gasteiger charge is 2.23. The maximum Gasteiger partial charge on any atom is 0.330 e. The molecule has 1 aliphatic rings. The number of carbonyl (C=O) groups excluding carboxylic acids is 1. The SMILES string of the molecule is CCCCCC(CC)OC(=O)C=CC1(OC)C=CC=CC1. The lowest BCUT2D eigenvalue weighted by atomic mass is 9.94. The van der Waals surface area contributed by atoms with E-state index in [-0.39, 0.29) is 12.1 Å². The zero-order valence-electron chi connectivity index (χ0n) is 13.5. The Bertz CT molecular complexity index is 395. The molecule has 2 unspecified atom stereocenters. The van der Waals surface area contributed by atoms with E-state index < -0.39 is 5.60 Å². The van der Waals surface area contributed by atoms with Crippen LogP contribution in [0.1, 0.15) is 52.4 Å². The van der Waals surface area contributed by atoms with Crippen LogP contribution in [0.4, 0.5) is 0 Å². The minimum atomic E-state index is -0.516. The number of unbranched alkanes of at least 4 members (excludes halogenated alkanes) is 2. The fraction of sp³-hybridized carbons (Fsp3) is 0.611. The van der Waals surface area contributed by atoms with Crippen molar-refractivity contribution < 1.29 is 14.3 Å². The van der Waals surface area contributed by atoms with E-state index >= 15 is 0 Å². The summed E-state index contributed by atoms with van der Waals surface area (Å²) in [5.41, 5.74) is -0.516. The first-order chi connectivity index (χ1) is 10.2. The first kappa shape index (κ1) is 17.7. The Morgan fingerprint density at radius 1 is 1.33 bits per heavy atom. The summed E-state index contributed by atoms with van der Waals surface area (Å²) in [7, 11) is 1.65. The summed E-state index contributed by atoms with van der Waals surface area (Å²) in [5.74, 6) is -0.280. The van der Waals surface area contributed by atoms with Crippen molar-refractivity contribution in [1.82, 2.24) is 0 Å². The summed E-state index contributed by atoms with van der Waals surface area (Å²) in [6, 6.07) is 0. The second-order valence-corrected chi connectivity index (χ2v) is 5.45. The van der Waals surface area contributed by atoms with Gasteiger partial charge >= 0.3 is 5.97 Å². The third-order valence-corrected chi connectivity index (χ3v) is 3.81. The van der Waals surface area contributed by atoms with Crippen molar-refractivity contribution in [2.24, 2.45) is 0 Å². The Morgan fingerprint density at radius 2 is 2.14 bits per heavy atom. The number of hydrogen-bond acceptors (Lipinski definition) is 3. The summed E-state index contributed by atoms with van der Waals surface area (Å²) in [6.07, 6.45) is 17.2. The average molecular weight is 292 g/mol. The number of carbonyl (C=O) groups is 1. The molecule has 0 radical (unpaired) electrons. The van der Waals surface area contributed by atoms with E-state index in [1.165, 1.54) is 18.9 Å². The van der Waals surface area contributed by atoms with Gasteiger partial charge in [0.25, 0.3) is 0 Å². The zero-order valence-corrected chi connectivity index (χ0v) is 13.5. The molecule has 118 valence electrons.